The number of benzene rings is 1. The zero-order valence-electron chi connectivity index (χ0n) is 14.2. The second kappa shape index (κ2) is 6.36. The molecule has 0 N–H and O–H groups in total. The molecular weight excluding hydrogens is 312 g/mol. The molecular formula is C21H22N2O2. The predicted octanol–water partition coefficient (Wildman–Crippen LogP) is 2.57. The minimum absolute atomic E-state index is 0.00939. The summed E-state index contributed by atoms with van der Waals surface area (Å²) in [4.78, 5) is 27.8. The van der Waals surface area contributed by atoms with E-state index < -0.39 is 0 Å². The molecule has 25 heavy (non-hydrogen) atoms. The molecule has 1 amide bonds. The number of nitrogens with zero attached hydrogens (tertiary/aromatic N) is 2. The topological polar surface area (TPSA) is 42.3 Å². The van der Waals surface area contributed by atoms with Crippen molar-refractivity contribution in [2.45, 2.75) is 25.3 Å². The van der Waals surface area contributed by atoms with Gasteiger partial charge in [-0.15, -0.1) is 6.58 Å². The maximum Gasteiger partial charge on any atom is 0.255 e. The van der Waals surface area contributed by atoms with Crippen LogP contribution in [-0.2, 0) is 17.8 Å². The molecule has 0 spiro atoms. The molecule has 128 valence electrons. The Morgan fingerprint density at radius 1 is 1.16 bits per heavy atom. The molecule has 1 aliphatic heterocycles. The first-order valence-corrected chi connectivity index (χ1v) is 8.85. The van der Waals surface area contributed by atoms with Crippen LogP contribution in [0.15, 0.2) is 60.0 Å². The van der Waals surface area contributed by atoms with Crippen molar-refractivity contribution < 1.29 is 4.79 Å². The lowest BCUT2D eigenvalue weighted by Crippen LogP contribution is -2.34. The minimum atomic E-state index is -0.278. The van der Waals surface area contributed by atoms with Gasteiger partial charge >= 0.3 is 0 Å². The first kappa shape index (κ1) is 15.9. The molecule has 2 aliphatic rings. The SMILES string of the molecule is C=CCN1C[C@@H]2CCc3ccn(Cc4ccccc4)c(=O)c3[C@@H]2C1=O. The normalized spacial score (nSPS) is 21.8. The van der Waals surface area contributed by atoms with Crippen molar-refractivity contribution >= 4 is 5.91 Å². The molecule has 1 aromatic carbocycles. The Balaban J connectivity index is 1.73. The zero-order chi connectivity index (χ0) is 17.4. The van der Waals surface area contributed by atoms with E-state index in [0.717, 1.165) is 36.1 Å². The Labute approximate surface area is 147 Å². The van der Waals surface area contributed by atoms with Gasteiger partial charge in [-0.05, 0) is 36.0 Å². The Hall–Kier alpha value is -2.62. The second-order valence-electron chi connectivity index (χ2n) is 6.98. The van der Waals surface area contributed by atoms with Crippen LogP contribution in [0.3, 0.4) is 0 Å². The molecule has 2 atom stereocenters. The lowest BCUT2D eigenvalue weighted by Gasteiger charge is -2.25. The summed E-state index contributed by atoms with van der Waals surface area (Å²) in [6.45, 7) is 5.58. The van der Waals surface area contributed by atoms with E-state index in [1.807, 2.05) is 47.5 Å². The molecule has 1 aromatic heterocycles. The molecule has 2 heterocycles. The zero-order valence-corrected chi connectivity index (χ0v) is 14.2. The van der Waals surface area contributed by atoms with Crippen LogP contribution < -0.4 is 5.56 Å². The molecule has 4 rings (SSSR count). The number of fused-ring (bicyclic) bond motifs is 3. The van der Waals surface area contributed by atoms with Crippen molar-refractivity contribution in [3.63, 3.8) is 0 Å². The van der Waals surface area contributed by atoms with E-state index in [2.05, 4.69) is 6.58 Å². The summed E-state index contributed by atoms with van der Waals surface area (Å²) in [5.41, 5.74) is 2.85. The van der Waals surface area contributed by atoms with E-state index in [1.54, 1.807) is 10.6 Å². The summed E-state index contributed by atoms with van der Waals surface area (Å²) in [5.74, 6) is 0.0556. The predicted molar refractivity (Wildman–Crippen MR) is 97.6 cm³/mol. The van der Waals surface area contributed by atoms with Crippen LogP contribution in [0.5, 0.6) is 0 Å². The molecule has 1 fully saturated rings. The maximum atomic E-state index is 13.1. The number of carbonyl (C=O) groups excluding carboxylic acids is 1. The highest BCUT2D eigenvalue weighted by atomic mass is 16.2. The van der Waals surface area contributed by atoms with Crippen LogP contribution in [-0.4, -0.2) is 28.5 Å². The molecule has 0 bridgehead atoms. The van der Waals surface area contributed by atoms with E-state index in [-0.39, 0.29) is 23.3 Å². The number of rotatable bonds is 4. The van der Waals surface area contributed by atoms with Gasteiger partial charge < -0.3 is 9.47 Å². The van der Waals surface area contributed by atoms with Crippen molar-refractivity contribution in [3.05, 3.63) is 82.3 Å². The van der Waals surface area contributed by atoms with E-state index in [1.165, 1.54) is 0 Å². The van der Waals surface area contributed by atoms with Gasteiger partial charge in [-0.1, -0.05) is 36.4 Å². The van der Waals surface area contributed by atoms with Gasteiger partial charge in [0.05, 0.1) is 12.5 Å². The average Bonchev–Trinajstić information content (AvgIpc) is 2.95. The van der Waals surface area contributed by atoms with Gasteiger partial charge in [-0.2, -0.15) is 0 Å². The average molecular weight is 334 g/mol. The molecule has 0 saturated carbocycles. The molecule has 1 saturated heterocycles. The third-order valence-electron chi connectivity index (χ3n) is 5.44. The van der Waals surface area contributed by atoms with Crippen LogP contribution in [0, 0.1) is 5.92 Å². The number of aryl methyl sites for hydroxylation is 1. The summed E-state index contributed by atoms with van der Waals surface area (Å²) < 4.78 is 1.74. The summed E-state index contributed by atoms with van der Waals surface area (Å²) in [7, 11) is 0. The Morgan fingerprint density at radius 2 is 1.96 bits per heavy atom. The monoisotopic (exact) mass is 334 g/mol. The molecule has 0 unspecified atom stereocenters. The number of pyridine rings is 1. The van der Waals surface area contributed by atoms with Crippen LogP contribution in [0.2, 0.25) is 0 Å². The van der Waals surface area contributed by atoms with Crippen molar-refractivity contribution in [2.75, 3.05) is 13.1 Å². The first-order chi connectivity index (χ1) is 12.2. The third-order valence-corrected chi connectivity index (χ3v) is 5.44. The standard InChI is InChI=1S/C21H22N2O2/c1-2-11-22-14-17-9-8-16-10-12-23(13-15-6-4-3-5-7-15)20(24)18(16)19(17)21(22)25/h2-7,10,12,17,19H,1,8-9,11,13-14H2/t17-,19+/m0/s1. The maximum absolute atomic E-state index is 13.1. The number of aromatic nitrogens is 1. The van der Waals surface area contributed by atoms with Crippen molar-refractivity contribution in [3.8, 4) is 0 Å². The van der Waals surface area contributed by atoms with Crippen LogP contribution >= 0.6 is 0 Å². The summed E-state index contributed by atoms with van der Waals surface area (Å²) in [6, 6.07) is 12.0. The van der Waals surface area contributed by atoms with Crippen LogP contribution in [0.4, 0.5) is 0 Å². The summed E-state index contributed by atoms with van der Waals surface area (Å²) >= 11 is 0. The fourth-order valence-corrected chi connectivity index (χ4v) is 4.24. The molecule has 4 heteroatoms. The van der Waals surface area contributed by atoms with Gasteiger partial charge in [0.2, 0.25) is 5.91 Å². The largest absolute Gasteiger partial charge is 0.338 e. The van der Waals surface area contributed by atoms with E-state index in [0.29, 0.717) is 13.1 Å². The van der Waals surface area contributed by atoms with Crippen molar-refractivity contribution in [1.29, 1.82) is 0 Å². The van der Waals surface area contributed by atoms with Gasteiger partial charge in [0.25, 0.3) is 5.56 Å². The lowest BCUT2D eigenvalue weighted by molar-refractivity contribution is -0.128. The number of likely N-dealkylation sites (tertiary alicyclic amines) is 1. The Morgan fingerprint density at radius 3 is 2.72 bits per heavy atom. The van der Waals surface area contributed by atoms with Crippen molar-refractivity contribution in [1.82, 2.24) is 9.47 Å². The Kier molecular flexibility index (Phi) is 4.04. The smallest absolute Gasteiger partial charge is 0.255 e. The Bertz CT molecular complexity index is 869. The lowest BCUT2D eigenvalue weighted by atomic mass is 9.77. The highest BCUT2D eigenvalue weighted by Crippen LogP contribution is 2.40. The molecule has 1 aliphatic carbocycles. The van der Waals surface area contributed by atoms with Gasteiger partial charge in [-0.3, -0.25) is 9.59 Å². The highest BCUT2D eigenvalue weighted by Gasteiger charge is 2.45. The van der Waals surface area contributed by atoms with E-state index >= 15 is 0 Å². The number of hydrogen-bond donors (Lipinski definition) is 0. The number of amides is 1. The highest BCUT2D eigenvalue weighted by molar-refractivity contribution is 5.87. The van der Waals surface area contributed by atoms with Gasteiger partial charge in [0.15, 0.2) is 0 Å². The fourth-order valence-electron chi connectivity index (χ4n) is 4.24. The van der Waals surface area contributed by atoms with Gasteiger partial charge in [-0.25, -0.2) is 0 Å². The van der Waals surface area contributed by atoms with Crippen LogP contribution in [0.25, 0.3) is 0 Å². The van der Waals surface area contributed by atoms with Crippen LogP contribution in [0.1, 0.15) is 29.0 Å². The second-order valence-corrected chi connectivity index (χ2v) is 6.98. The fraction of sp³-hybridized carbons (Fsp3) is 0.333. The van der Waals surface area contributed by atoms with Gasteiger partial charge in [0.1, 0.15) is 0 Å². The first-order valence-electron chi connectivity index (χ1n) is 8.85. The summed E-state index contributed by atoms with van der Waals surface area (Å²) in [6.07, 6.45) is 5.48. The molecule has 2 aromatic rings. The minimum Gasteiger partial charge on any atom is -0.338 e. The van der Waals surface area contributed by atoms with Crippen molar-refractivity contribution in [2.24, 2.45) is 5.92 Å². The third kappa shape index (κ3) is 2.72. The molecule has 0 radical (unpaired) electrons. The van der Waals surface area contributed by atoms with Gasteiger partial charge in [0, 0.05) is 24.8 Å². The van der Waals surface area contributed by atoms with E-state index in [4.69, 9.17) is 0 Å². The quantitative estimate of drug-likeness (QED) is 0.807. The molecule has 4 nitrogen and oxygen atoms in total. The number of hydrogen-bond acceptors (Lipinski definition) is 2. The number of carbonyl (C=O) groups is 1. The summed E-state index contributed by atoms with van der Waals surface area (Å²) in [5, 5.41) is 0. The van der Waals surface area contributed by atoms with E-state index in [9.17, 15) is 9.59 Å².